The minimum Gasteiger partial charge on any atom is -0.459 e. The molecule has 5 N–H and O–H groups in total. The van der Waals surface area contributed by atoms with Gasteiger partial charge in [0.1, 0.15) is 23.6 Å². The molecule has 1 aromatic rings. The standard InChI is InChI=1S/C27H34N4O7S/c1-26(2,3)38-25(36)30-27(28,17-12-8-5-9-13-17)24(35)29-19-21(33)31-20(18(32)15-39-22(19)31)23(34)37-14-16-10-6-4-7-11-16/h4-8,10-11,13,18-20,22,32H,9,12,14-15,28H2,1-3H3,(H,29,35)(H,30,36)/t18?,19-,20?,22+,27?/m1/s1. The van der Waals surface area contributed by atoms with Gasteiger partial charge in [0, 0.05) is 5.75 Å². The van der Waals surface area contributed by atoms with Crippen LogP contribution in [-0.2, 0) is 30.5 Å². The summed E-state index contributed by atoms with van der Waals surface area (Å²) in [6, 6.07) is 6.85. The monoisotopic (exact) mass is 558 g/mol. The van der Waals surface area contributed by atoms with Crippen molar-refractivity contribution in [2.24, 2.45) is 5.73 Å². The first-order chi connectivity index (χ1) is 18.4. The normalized spacial score (nSPS) is 25.8. The lowest BCUT2D eigenvalue weighted by atomic mass is 9.91. The highest BCUT2D eigenvalue weighted by Crippen LogP contribution is 2.39. The van der Waals surface area contributed by atoms with Crippen LogP contribution < -0.4 is 16.4 Å². The summed E-state index contributed by atoms with van der Waals surface area (Å²) in [5.41, 5.74) is 4.92. The Morgan fingerprint density at radius 2 is 1.90 bits per heavy atom. The maximum absolute atomic E-state index is 13.5. The fourth-order valence-corrected chi connectivity index (χ4v) is 5.92. The lowest BCUT2D eigenvalue weighted by Crippen LogP contribution is -2.79. The molecule has 0 spiro atoms. The van der Waals surface area contributed by atoms with Crippen molar-refractivity contribution in [1.29, 1.82) is 0 Å². The second-order valence-corrected chi connectivity index (χ2v) is 11.8. The van der Waals surface area contributed by atoms with Crippen LogP contribution in [-0.4, -0.2) is 74.5 Å². The Kier molecular flexibility index (Phi) is 8.38. The molecule has 3 unspecified atom stereocenters. The minimum atomic E-state index is -1.97. The first-order valence-electron chi connectivity index (χ1n) is 12.7. The van der Waals surface area contributed by atoms with Crippen LogP contribution in [0.25, 0.3) is 0 Å². The van der Waals surface area contributed by atoms with Crippen molar-refractivity contribution in [1.82, 2.24) is 15.5 Å². The Morgan fingerprint density at radius 3 is 2.54 bits per heavy atom. The number of rotatable bonds is 7. The molecular formula is C27H34N4O7S. The fraction of sp³-hybridized carbons (Fsp3) is 0.481. The van der Waals surface area contributed by atoms with Crippen molar-refractivity contribution in [2.75, 3.05) is 5.75 Å². The highest BCUT2D eigenvalue weighted by Gasteiger charge is 2.59. The summed E-state index contributed by atoms with van der Waals surface area (Å²) in [6.07, 6.45) is 4.33. The summed E-state index contributed by atoms with van der Waals surface area (Å²) >= 11 is 1.23. The van der Waals surface area contributed by atoms with Crippen molar-refractivity contribution < 1.29 is 33.8 Å². The number of nitrogens with zero attached hydrogens (tertiary/aromatic N) is 1. The predicted octanol–water partition coefficient (Wildman–Crippen LogP) is 1.32. The van der Waals surface area contributed by atoms with Gasteiger partial charge in [0.25, 0.3) is 5.91 Å². The van der Waals surface area contributed by atoms with Gasteiger partial charge >= 0.3 is 12.1 Å². The lowest BCUT2D eigenvalue weighted by Gasteiger charge is -2.53. The average molecular weight is 559 g/mol. The molecule has 5 atom stereocenters. The molecule has 4 rings (SSSR count). The number of thioether (sulfide) groups is 1. The molecule has 39 heavy (non-hydrogen) atoms. The summed E-state index contributed by atoms with van der Waals surface area (Å²) in [5.74, 6) is -1.92. The van der Waals surface area contributed by atoms with Crippen LogP contribution in [0.5, 0.6) is 0 Å². The molecule has 0 bridgehead atoms. The molecule has 210 valence electrons. The number of benzene rings is 1. The first kappa shape index (κ1) is 28.7. The highest BCUT2D eigenvalue weighted by atomic mass is 32.2. The Labute approximate surface area is 231 Å². The van der Waals surface area contributed by atoms with Crippen LogP contribution in [0, 0.1) is 0 Å². The molecule has 0 aromatic heterocycles. The quantitative estimate of drug-likeness (QED) is 0.167. The van der Waals surface area contributed by atoms with E-state index in [0.717, 1.165) is 5.56 Å². The molecule has 12 heteroatoms. The molecule has 2 fully saturated rings. The summed E-state index contributed by atoms with van der Waals surface area (Å²) in [5, 5.41) is 15.1. The van der Waals surface area contributed by atoms with Crippen LogP contribution in [0.2, 0.25) is 0 Å². The van der Waals surface area contributed by atoms with Gasteiger partial charge in [-0.3, -0.25) is 20.6 Å². The molecule has 2 saturated heterocycles. The van der Waals surface area contributed by atoms with Crippen molar-refractivity contribution in [3.63, 3.8) is 0 Å². The molecule has 2 heterocycles. The smallest absolute Gasteiger partial charge is 0.409 e. The van der Waals surface area contributed by atoms with E-state index in [4.69, 9.17) is 15.2 Å². The Bertz CT molecular complexity index is 1180. The number of fused-ring (bicyclic) bond motifs is 1. The molecule has 2 aliphatic heterocycles. The van der Waals surface area contributed by atoms with Crippen molar-refractivity contribution in [2.45, 2.75) is 75.0 Å². The van der Waals surface area contributed by atoms with Gasteiger partial charge in [0.15, 0.2) is 11.7 Å². The Balaban J connectivity index is 1.46. The van der Waals surface area contributed by atoms with E-state index in [0.29, 0.717) is 18.4 Å². The topological polar surface area (TPSA) is 160 Å². The lowest BCUT2D eigenvalue weighted by molar-refractivity contribution is -0.172. The molecule has 3 aliphatic rings. The zero-order valence-corrected chi connectivity index (χ0v) is 22.9. The highest BCUT2D eigenvalue weighted by molar-refractivity contribution is 8.00. The van der Waals surface area contributed by atoms with Crippen molar-refractivity contribution in [3.8, 4) is 0 Å². The number of aliphatic hydroxyl groups is 1. The number of esters is 1. The maximum Gasteiger partial charge on any atom is 0.409 e. The molecule has 1 aliphatic carbocycles. The Hall–Kier alpha value is -3.35. The molecule has 1 aromatic carbocycles. The summed E-state index contributed by atoms with van der Waals surface area (Å²) < 4.78 is 10.7. The second kappa shape index (κ2) is 11.4. The van der Waals surface area contributed by atoms with Gasteiger partial charge in [-0.05, 0) is 44.7 Å². The van der Waals surface area contributed by atoms with E-state index in [-0.39, 0.29) is 12.4 Å². The number of β-lactam (4-membered cyclic amide) rings is 1. The summed E-state index contributed by atoms with van der Waals surface area (Å²) in [4.78, 5) is 53.4. The molecule has 11 nitrogen and oxygen atoms in total. The molecule has 0 radical (unpaired) electrons. The van der Waals surface area contributed by atoms with E-state index >= 15 is 0 Å². The number of amides is 3. The van der Waals surface area contributed by atoms with Crippen LogP contribution in [0.15, 0.2) is 54.1 Å². The minimum absolute atomic E-state index is 0.00150. The third kappa shape index (κ3) is 6.29. The molecular weight excluding hydrogens is 524 g/mol. The number of nitrogens with one attached hydrogen (secondary N) is 2. The molecule has 0 saturated carbocycles. The number of hydrogen-bond acceptors (Lipinski definition) is 9. The van der Waals surface area contributed by atoms with Crippen LogP contribution in [0.1, 0.15) is 39.2 Å². The average Bonchev–Trinajstić information content (AvgIpc) is 2.89. The number of hydrogen-bond donors (Lipinski definition) is 4. The van der Waals surface area contributed by atoms with Crippen molar-refractivity contribution in [3.05, 3.63) is 59.7 Å². The third-order valence-corrected chi connectivity index (χ3v) is 7.88. The van der Waals surface area contributed by atoms with Crippen molar-refractivity contribution >= 4 is 35.6 Å². The zero-order valence-electron chi connectivity index (χ0n) is 22.1. The Morgan fingerprint density at radius 1 is 1.18 bits per heavy atom. The number of carbonyl (C=O) groups is 4. The van der Waals surface area contributed by atoms with Gasteiger partial charge in [-0.2, -0.15) is 0 Å². The first-order valence-corrected chi connectivity index (χ1v) is 13.7. The third-order valence-electron chi connectivity index (χ3n) is 6.50. The van der Waals surface area contributed by atoms with Gasteiger partial charge in [0.2, 0.25) is 5.91 Å². The second-order valence-electron chi connectivity index (χ2n) is 10.6. The van der Waals surface area contributed by atoms with Gasteiger partial charge in [0.05, 0.1) is 6.10 Å². The summed E-state index contributed by atoms with van der Waals surface area (Å²) in [7, 11) is 0. The maximum atomic E-state index is 13.5. The number of aliphatic hydroxyl groups excluding tert-OH is 1. The van der Waals surface area contributed by atoms with Gasteiger partial charge in [-0.15, -0.1) is 11.8 Å². The molecule has 3 amide bonds. The van der Waals surface area contributed by atoms with Crippen LogP contribution in [0.4, 0.5) is 4.79 Å². The van der Waals surface area contributed by atoms with E-state index in [1.165, 1.54) is 16.7 Å². The largest absolute Gasteiger partial charge is 0.459 e. The van der Waals surface area contributed by atoms with Gasteiger partial charge < -0.3 is 24.8 Å². The number of carbonyl (C=O) groups excluding carboxylic acids is 4. The van der Waals surface area contributed by atoms with E-state index in [9.17, 15) is 24.3 Å². The number of alkyl carbamates (subject to hydrolysis) is 1. The SMILES string of the molecule is CC(C)(C)OC(=O)NC(N)(C(=O)N[C@@H]1C(=O)N2C(C(=O)OCc3ccccc3)C(O)CS[C@@H]12)C1=CCC=CC1. The van der Waals surface area contributed by atoms with Crippen LogP contribution in [0.3, 0.4) is 0 Å². The van der Waals surface area contributed by atoms with Gasteiger partial charge in [-0.25, -0.2) is 9.59 Å². The van der Waals surface area contributed by atoms with E-state index in [1.54, 1.807) is 39.0 Å². The summed E-state index contributed by atoms with van der Waals surface area (Å²) in [6.45, 7) is 5.06. The van der Waals surface area contributed by atoms with E-state index in [1.807, 2.05) is 30.4 Å². The zero-order chi connectivity index (χ0) is 28.4. The van der Waals surface area contributed by atoms with E-state index < -0.39 is 58.7 Å². The van der Waals surface area contributed by atoms with Gasteiger partial charge in [-0.1, -0.05) is 48.6 Å². The number of ether oxygens (including phenoxy) is 2. The number of nitrogens with two attached hydrogens (primary N) is 1. The number of allylic oxidation sites excluding steroid dienone is 3. The van der Waals surface area contributed by atoms with Crippen LogP contribution >= 0.6 is 11.8 Å². The fourth-order valence-electron chi connectivity index (χ4n) is 4.57. The predicted molar refractivity (Wildman–Crippen MR) is 144 cm³/mol. The van der Waals surface area contributed by atoms with E-state index in [2.05, 4.69) is 10.6 Å².